The summed E-state index contributed by atoms with van der Waals surface area (Å²) in [5.41, 5.74) is 5.40. The molecule has 0 aliphatic carbocycles. The lowest BCUT2D eigenvalue weighted by atomic mass is 10.2. The number of anilines is 2. The third kappa shape index (κ3) is 3.56. The first-order valence-electron chi connectivity index (χ1n) is 9.50. The lowest BCUT2D eigenvalue weighted by Crippen LogP contribution is -1.99. The molecule has 1 N–H and O–H groups in total. The molecule has 7 heteroatoms. The van der Waals surface area contributed by atoms with E-state index in [9.17, 15) is 0 Å². The minimum Gasteiger partial charge on any atom is -0.401 e. The molecule has 30 heavy (non-hydrogen) atoms. The fourth-order valence-electron chi connectivity index (χ4n) is 3.11. The third-order valence-electron chi connectivity index (χ3n) is 4.61. The summed E-state index contributed by atoms with van der Waals surface area (Å²) in [6, 6.07) is 24.0. The molecular formula is C23H18N6O. The molecule has 5 aromatic rings. The van der Waals surface area contributed by atoms with Gasteiger partial charge in [-0.3, -0.25) is 4.98 Å². The number of rotatable bonds is 5. The van der Waals surface area contributed by atoms with Crippen LogP contribution in [0.25, 0.3) is 28.5 Å². The van der Waals surface area contributed by atoms with Crippen LogP contribution in [0.15, 0.2) is 89.6 Å². The Morgan fingerprint density at radius 2 is 1.73 bits per heavy atom. The first-order valence-corrected chi connectivity index (χ1v) is 9.50. The molecule has 0 fully saturated rings. The van der Waals surface area contributed by atoms with Crippen molar-refractivity contribution in [2.24, 2.45) is 0 Å². The van der Waals surface area contributed by atoms with E-state index in [-0.39, 0.29) is 0 Å². The van der Waals surface area contributed by atoms with Crippen molar-refractivity contribution in [1.82, 2.24) is 25.0 Å². The van der Waals surface area contributed by atoms with Crippen LogP contribution >= 0.6 is 0 Å². The molecule has 7 nitrogen and oxygen atoms in total. The molecule has 0 saturated heterocycles. The summed E-state index contributed by atoms with van der Waals surface area (Å²) < 4.78 is 7.67. The lowest BCUT2D eigenvalue weighted by molar-refractivity contribution is 0.584. The van der Waals surface area contributed by atoms with Crippen molar-refractivity contribution >= 4 is 11.7 Å². The maximum atomic E-state index is 5.82. The van der Waals surface area contributed by atoms with Crippen LogP contribution in [0.2, 0.25) is 0 Å². The lowest BCUT2D eigenvalue weighted by Gasteiger charge is -2.06. The molecular weight excluding hydrogens is 376 g/mol. The maximum absolute atomic E-state index is 5.82. The number of aromatic nitrogens is 5. The predicted octanol–water partition coefficient (Wildman–Crippen LogP) is 5.04. The second kappa shape index (κ2) is 7.63. The van der Waals surface area contributed by atoms with Crippen molar-refractivity contribution < 1.29 is 4.42 Å². The zero-order chi connectivity index (χ0) is 20.3. The Balaban J connectivity index is 1.51. The number of hydrogen-bond acceptors (Lipinski definition) is 6. The largest absolute Gasteiger partial charge is 0.401 e. The average molecular weight is 394 g/mol. The third-order valence-corrected chi connectivity index (χ3v) is 4.61. The van der Waals surface area contributed by atoms with Crippen LogP contribution in [0, 0.1) is 6.92 Å². The average Bonchev–Trinajstić information content (AvgIpc) is 3.44. The van der Waals surface area contributed by atoms with Crippen LogP contribution in [-0.2, 0) is 0 Å². The zero-order valence-electron chi connectivity index (χ0n) is 16.2. The van der Waals surface area contributed by atoms with Gasteiger partial charge in [0.1, 0.15) is 0 Å². The highest BCUT2D eigenvalue weighted by Crippen LogP contribution is 2.29. The van der Waals surface area contributed by atoms with E-state index in [1.54, 1.807) is 12.4 Å². The van der Waals surface area contributed by atoms with Gasteiger partial charge in [0, 0.05) is 23.6 Å². The summed E-state index contributed by atoms with van der Waals surface area (Å²) in [5.74, 6) is 0.337. The number of hydrogen-bond donors (Lipinski definition) is 1. The van der Waals surface area contributed by atoms with E-state index in [0.29, 0.717) is 17.6 Å². The van der Waals surface area contributed by atoms with Crippen molar-refractivity contribution in [3.05, 3.63) is 90.8 Å². The predicted molar refractivity (Wildman–Crippen MR) is 115 cm³/mol. The van der Waals surface area contributed by atoms with Crippen molar-refractivity contribution in [2.45, 2.75) is 6.92 Å². The second-order valence-corrected chi connectivity index (χ2v) is 6.81. The maximum Gasteiger partial charge on any atom is 0.320 e. The van der Waals surface area contributed by atoms with Gasteiger partial charge in [-0.05, 0) is 49.4 Å². The van der Waals surface area contributed by atoms with E-state index in [2.05, 4.69) is 20.5 Å². The molecule has 2 aromatic carbocycles. The molecule has 0 saturated carbocycles. The van der Waals surface area contributed by atoms with Crippen LogP contribution < -0.4 is 5.32 Å². The topological polar surface area (TPSA) is 81.7 Å². The number of aryl methyl sites for hydroxylation is 1. The monoisotopic (exact) mass is 394 g/mol. The van der Waals surface area contributed by atoms with E-state index in [1.165, 1.54) is 5.56 Å². The van der Waals surface area contributed by atoms with Crippen LogP contribution in [0.3, 0.4) is 0 Å². The van der Waals surface area contributed by atoms with E-state index in [1.807, 2.05) is 84.4 Å². The summed E-state index contributed by atoms with van der Waals surface area (Å²) in [7, 11) is 0. The van der Waals surface area contributed by atoms with Gasteiger partial charge in [0.25, 0.3) is 5.89 Å². The van der Waals surface area contributed by atoms with Crippen LogP contribution in [0.4, 0.5) is 11.7 Å². The van der Waals surface area contributed by atoms with Crippen LogP contribution in [0.5, 0.6) is 0 Å². The Bertz CT molecular complexity index is 1200. The standard InChI is InChI=1S/C23H18N6O/c1-16-9-11-18(12-10-16)25-23-27-26-22(30-23)20-14-21(17-6-5-13-24-15-17)29(28-20)19-7-3-2-4-8-19/h2-15H,1H3,(H,25,27). The molecule has 3 aromatic heterocycles. The molecule has 0 radical (unpaired) electrons. The summed E-state index contributed by atoms with van der Waals surface area (Å²) in [4.78, 5) is 4.23. The van der Waals surface area contributed by atoms with Crippen molar-refractivity contribution in [3.63, 3.8) is 0 Å². The van der Waals surface area contributed by atoms with Gasteiger partial charge in [0.15, 0.2) is 5.69 Å². The van der Waals surface area contributed by atoms with Gasteiger partial charge in [-0.25, -0.2) is 4.68 Å². The molecule has 0 unspecified atom stereocenters. The molecule has 0 atom stereocenters. The van der Waals surface area contributed by atoms with Crippen molar-refractivity contribution in [2.75, 3.05) is 5.32 Å². The summed E-state index contributed by atoms with van der Waals surface area (Å²) >= 11 is 0. The van der Waals surface area contributed by atoms with E-state index in [0.717, 1.165) is 22.6 Å². The number of benzene rings is 2. The molecule has 0 aliphatic heterocycles. The first kappa shape index (κ1) is 17.8. The SMILES string of the molecule is Cc1ccc(Nc2nnc(-c3cc(-c4cccnc4)n(-c4ccccc4)n3)o2)cc1. The van der Waals surface area contributed by atoms with E-state index >= 15 is 0 Å². The molecule has 0 bridgehead atoms. The van der Waals surface area contributed by atoms with Crippen LogP contribution in [0.1, 0.15) is 5.56 Å². The summed E-state index contributed by atoms with van der Waals surface area (Å²) in [6.45, 7) is 2.04. The molecule has 146 valence electrons. The smallest absolute Gasteiger partial charge is 0.320 e. The zero-order valence-corrected chi connectivity index (χ0v) is 16.2. The number of para-hydroxylation sites is 1. The Kier molecular flexibility index (Phi) is 4.53. The molecule has 0 spiro atoms. The van der Waals surface area contributed by atoms with Gasteiger partial charge >= 0.3 is 6.01 Å². The highest BCUT2D eigenvalue weighted by Gasteiger charge is 2.17. The molecule has 0 amide bonds. The van der Waals surface area contributed by atoms with Gasteiger partial charge < -0.3 is 9.73 Å². The Morgan fingerprint density at radius 1 is 0.900 bits per heavy atom. The molecule has 3 heterocycles. The normalized spacial score (nSPS) is 10.8. The Morgan fingerprint density at radius 3 is 2.50 bits per heavy atom. The van der Waals surface area contributed by atoms with E-state index in [4.69, 9.17) is 9.52 Å². The fraction of sp³-hybridized carbons (Fsp3) is 0.0435. The Hall–Kier alpha value is -4.26. The summed E-state index contributed by atoms with van der Waals surface area (Å²) in [6.07, 6.45) is 3.55. The molecule has 5 rings (SSSR count). The van der Waals surface area contributed by atoms with Gasteiger partial charge in [0.2, 0.25) is 0 Å². The first-order chi connectivity index (χ1) is 14.8. The van der Waals surface area contributed by atoms with Gasteiger partial charge in [-0.15, -0.1) is 5.10 Å². The highest BCUT2D eigenvalue weighted by atomic mass is 16.4. The molecule has 0 aliphatic rings. The van der Waals surface area contributed by atoms with Gasteiger partial charge in [-0.2, -0.15) is 5.10 Å². The highest BCUT2D eigenvalue weighted by molar-refractivity contribution is 5.67. The quantitative estimate of drug-likeness (QED) is 0.450. The number of pyridine rings is 1. The van der Waals surface area contributed by atoms with Gasteiger partial charge in [0.05, 0.1) is 11.4 Å². The Labute approximate surface area is 173 Å². The second-order valence-electron chi connectivity index (χ2n) is 6.81. The van der Waals surface area contributed by atoms with Crippen molar-refractivity contribution in [3.8, 4) is 28.5 Å². The summed E-state index contributed by atoms with van der Waals surface area (Å²) in [5, 5.41) is 16.1. The number of nitrogens with one attached hydrogen (secondary N) is 1. The minimum absolute atomic E-state index is 0.311. The minimum atomic E-state index is 0.311. The number of nitrogens with zero attached hydrogens (tertiary/aromatic N) is 5. The van der Waals surface area contributed by atoms with Crippen molar-refractivity contribution in [1.29, 1.82) is 0 Å². The van der Waals surface area contributed by atoms with Crippen LogP contribution in [-0.4, -0.2) is 25.0 Å². The van der Waals surface area contributed by atoms with Gasteiger partial charge in [-0.1, -0.05) is 41.0 Å². The van der Waals surface area contributed by atoms with E-state index < -0.39 is 0 Å². The fourth-order valence-corrected chi connectivity index (χ4v) is 3.11.